The zero-order chi connectivity index (χ0) is 14.7. The summed E-state index contributed by atoms with van der Waals surface area (Å²) >= 11 is 0. The molecule has 0 unspecified atom stereocenters. The Morgan fingerprint density at radius 1 is 1.26 bits per heavy atom. The van der Waals surface area contributed by atoms with Crippen molar-refractivity contribution in [1.29, 1.82) is 0 Å². The molecule has 8 heteroatoms. The Bertz CT molecular complexity index is 540. The maximum absolute atomic E-state index is 13.3. The third-order valence-electron chi connectivity index (χ3n) is 2.33. The van der Waals surface area contributed by atoms with E-state index in [0.717, 1.165) is 0 Å². The van der Waals surface area contributed by atoms with E-state index in [9.17, 15) is 26.0 Å². The van der Waals surface area contributed by atoms with Crippen molar-refractivity contribution in [2.75, 3.05) is 10.5 Å². The highest BCUT2D eigenvalue weighted by Crippen LogP contribution is 2.32. The first-order valence-electron chi connectivity index (χ1n) is 5.53. The molecule has 0 aliphatic rings. The molecule has 1 N–H and O–H groups in total. The molecule has 0 heterocycles. The summed E-state index contributed by atoms with van der Waals surface area (Å²) in [5.41, 5.74) is -1.80. The van der Waals surface area contributed by atoms with Crippen molar-refractivity contribution in [2.24, 2.45) is 0 Å². The summed E-state index contributed by atoms with van der Waals surface area (Å²) in [6.45, 7) is 1.76. The molecule has 0 saturated carbocycles. The van der Waals surface area contributed by atoms with Crippen molar-refractivity contribution < 1.29 is 26.0 Å². The van der Waals surface area contributed by atoms with E-state index in [2.05, 4.69) is 0 Å². The molecule has 3 nitrogen and oxygen atoms in total. The van der Waals surface area contributed by atoms with Gasteiger partial charge in [-0.05, 0) is 24.6 Å². The summed E-state index contributed by atoms with van der Waals surface area (Å²) < 4.78 is 75.5. The van der Waals surface area contributed by atoms with Gasteiger partial charge in [-0.1, -0.05) is 13.3 Å². The van der Waals surface area contributed by atoms with E-state index in [1.54, 1.807) is 6.92 Å². The number of rotatable bonds is 5. The van der Waals surface area contributed by atoms with Crippen LogP contribution in [0.2, 0.25) is 0 Å². The highest BCUT2D eigenvalue weighted by molar-refractivity contribution is 7.92. The second-order valence-corrected chi connectivity index (χ2v) is 5.81. The third-order valence-corrected chi connectivity index (χ3v) is 3.68. The first kappa shape index (κ1) is 15.7. The lowest BCUT2D eigenvalue weighted by Gasteiger charge is -2.12. The Morgan fingerprint density at radius 2 is 1.89 bits per heavy atom. The van der Waals surface area contributed by atoms with Crippen LogP contribution in [0.1, 0.15) is 25.3 Å². The van der Waals surface area contributed by atoms with Gasteiger partial charge in [-0.3, -0.25) is 4.72 Å². The topological polar surface area (TPSA) is 46.2 Å². The molecule has 0 spiro atoms. The maximum Gasteiger partial charge on any atom is 0.416 e. The van der Waals surface area contributed by atoms with Crippen molar-refractivity contribution in [1.82, 2.24) is 0 Å². The molecule has 0 aliphatic carbocycles. The monoisotopic (exact) mass is 299 g/mol. The zero-order valence-electron chi connectivity index (χ0n) is 10.1. The molecule has 0 fully saturated rings. The minimum atomic E-state index is -4.66. The SMILES string of the molecule is CCCCS(=O)(=O)Nc1cc(C(F)(F)F)ccc1F. The molecule has 19 heavy (non-hydrogen) atoms. The lowest BCUT2D eigenvalue weighted by atomic mass is 10.2. The molecule has 0 aromatic heterocycles. The lowest BCUT2D eigenvalue weighted by Crippen LogP contribution is -2.18. The Hall–Kier alpha value is -1.31. The molecular formula is C11H13F4NO2S. The van der Waals surface area contributed by atoms with Gasteiger partial charge in [0.05, 0.1) is 17.0 Å². The highest BCUT2D eigenvalue weighted by Gasteiger charge is 2.31. The molecule has 0 bridgehead atoms. The van der Waals surface area contributed by atoms with Gasteiger partial charge in [0.1, 0.15) is 5.82 Å². The molecule has 0 saturated heterocycles. The summed E-state index contributed by atoms with van der Waals surface area (Å²) in [5, 5.41) is 0. The number of halogens is 4. The molecule has 0 aliphatic heterocycles. The van der Waals surface area contributed by atoms with Crippen molar-refractivity contribution in [3.05, 3.63) is 29.6 Å². The van der Waals surface area contributed by atoms with E-state index in [0.29, 0.717) is 31.0 Å². The Morgan fingerprint density at radius 3 is 2.42 bits per heavy atom. The first-order valence-corrected chi connectivity index (χ1v) is 7.18. The second kappa shape index (κ2) is 5.77. The largest absolute Gasteiger partial charge is 0.416 e. The fourth-order valence-electron chi connectivity index (χ4n) is 1.33. The second-order valence-electron chi connectivity index (χ2n) is 3.97. The van der Waals surface area contributed by atoms with Gasteiger partial charge in [0.25, 0.3) is 0 Å². The molecule has 0 radical (unpaired) electrons. The standard InChI is InChI=1S/C11H13F4NO2S/c1-2-3-6-19(17,18)16-10-7-8(11(13,14)15)4-5-9(10)12/h4-5,7,16H,2-3,6H2,1H3. The average Bonchev–Trinajstić information content (AvgIpc) is 2.28. The van der Waals surface area contributed by atoms with E-state index in [4.69, 9.17) is 0 Å². The number of hydrogen-bond donors (Lipinski definition) is 1. The van der Waals surface area contributed by atoms with Crippen molar-refractivity contribution in [3.8, 4) is 0 Å². The van der Waals surface area contributed by atoms with E-state index in [1.807, 2.05) is 4.72 Å². The first-order chi connectivity index (χ1) is 8.65. The Balaban J connectivity index is 3.01. The van der Waals surface area contributed by atoms with Crippen LogP contribution in [0.4, 0.5) is 23.2 Å². The smallest absolute Gasteiger partial charge is 0.281 e. The Labute approximate surface area is 108 Å². The molecule has 0 amide bonds. The number of benzene rings is 1. The van der Waals surface area contributed by atoms with Crippen LogP contribution >= 0.6 is 0 Å². The summed E-state index contributed by atoms with van der Waals surface area (Å²) in [4.78, 5) is 0. The molecule has 1 rings (SSSR count). The van der Waals surface area contributed by atoms with Crippen LogP contribution in [0.25, 0.3) is 0 Å². The normalized spacial score (nSPS) is 12.5. The molecule has 108 valence electrons. The van der Waals surface area contributed by atoms with Crippen molar-refractivity contribution >= 4 is 15.7 Å². The number of nitrogens with one attached hydrogen (secondary N) is 1. The van der Waals surface area contributed by atoms with E-state index in [-0.39, 0.29) is 5.75 Å². The number of hydrogen-bond acceptors (Lipinski definition) is 2. The predicted molar refractivity (Wildman–Crippen MR) is 63.7 cm³/mol. The van der Waals surface area contributed by atoms with Gasteiger partial charge < -0.3 is 0 Å². The van der Waals surface area contributed by atoms with Crippen LogP contribution in [-0.2, 0) is 16.2 Å². The van der Waals surface area contributed by atoms with Gasteiger partial charge in [-0.2, -0.15) is 13.2 Å². The number of sulfonamides is 1. The lowest BCUT2D eigenvalue weighted by molar-refractivity contribution is -0.137. The minimum absolute atomic E-state index is 0.265. The average molecular weight is 299 g/mol. The number of alkyl halides is 3. The van der Waals surface area contributed by atoms with E-state index >= 15 is 0 Å². The fraction of sp³-hybridized carbons (Fsp3) is 0.455. The zero-order valence-corrected chi connectivity index (χ0v) is 10.9. The van der Waals surface area contributed by atoms with Gasteiger partial charge in [0.2, 0.25) is 10.0 Å². The van der Waals surface area contributed by atoms with Crippen LogP contribution in [0.15, 0.2) is 18.2 Å². The highest BCUT2D eigenvalue weighted by atomic mass is 32.2. The summed E-state index contributed by atoms with van der Waals surface area (Å²) in [5.74, 6) is -1.31. The van der Waals surface area contributed by atoms with Crippen LogP contribution in [0.3, 0.4) is 0 Å². The van der Waals surface area contributed by atoms with Gasteiger partial charge in [-0.25, -0.2) is 12.8 Å². The minimum Gasteiger partial charge on any atom is -0.281 e. The molecular weight excluding hydrogens is 286 g/mol. The summed E-state index contributed by atoms with van der Waals surface area (Å²) in [7, 11) is -3.84. The maximum atomic E-state index is 13.3. The quantitative estimate of drug-likeness (QED) is 0.847. The van der Waals surface area contributed by atoms with Crippen LogP contribution in [0, 0.1) is 5.82 Å². The van der Waals surface area contributed by atoms with Gasteiger partial charge in [0.15, 0.2) is 0 Å². The fourth-order valence-corrected chi connectivity index (χ4v) is 2.60. The van der Waals surface area contributed by atoms with Crippen molar-refractivity contribution in [2.45, 2.75) is 25.9 Å². The Kier molecular flexibility index (Phi) is 4.78. The predicted octanol–water partition coefficient (Wildman–Crippen LogP) is 3.39. The number of unbranched alkanes of at least 4 members (excludes halogenated alkanes) is 1. The van der Waals surface area contributed by atoms with Crippen LogP contribution in [-0.4, -0.2) is 14.2 Å². The van der Waals surface area contributed by atoms with Gasteiger partial charge in [0, 0.05) is 0 Å². The van der Waals surface area contributed by atoms with E-state index in [1.165, 1.54) is 0 Å². The van der Waals surface area contributed by atoms with Crippen LogP contribution < -0.4 is 4.72 Å². The van der Waals surface area contributed by atoms with Crippen LogP contribution in [0.5, 0.6) is 0 Å². The molecule has 1 aromatic rings. The van der Waals surface area contributed by atoms with E-state index < -0.39 is 33.3 Å². The van der Waals surface area contributed by atoms with Crippen molar-refractivity contribution in [3.63, 3.8) is 0 Å². The van der Waals surface area contributed by atoms with Gasteiger partial charge in [-0.15, -0.1) is 0 Å². The number of anilines is 1. The summed E-state index contributed by atoms with van der Waals surface area (Å²) in [6.07, 6.45) is -3.71. The van der Waals surface area contributed by atoms with Gasteiger partial charge >= 0.3 is 6.18 Å². The third kappa shape index (κ3) is 4.70. The molecule has 0 atom stereocenters. The summed E-state index contributed by atoms with van der Waals surface area (Å²) in [6, 6.07) is 1.58. The molecule has 1 aromatic carbocycles.